The minimum atomic E-state index is -3.18. The van der Waals surface area contributed by atoms with Crippen LogP contribution in [-0.4, -0.2) is 32.2 Å². The maximum atomic E-state index is 5.76. The van der Waals surface area contributed by atoms with Crippen molar-refractivity contribution >= 4 is 116 Å². The summed E-state index contributed by atoms with van der Waals surface area (Å²) in [5, 5.41) is 14.7. The fraction of sp³-hybridized carbons (Fsp3) is 0. The quantitative estimate of drug-likeness (QED) is 0.123. The normalized spacial score (nSPS) is 12.1. The molecule has 5 nitrogen and oxygen atoms in total. The van der Waals surface area contributed by atoms with E-state index in [0.29, 0.717) is 11.3 Å². The topological polar surface area (TPSA) is 48.5 Å². The molecule has 10 aromatic carbocycles. The van der Waals surface area contributed by atoms with Gasteiger partial charge in [-0.2, -0.15) is 0 Å². The lowest BCUT2D eigenvalue weighted by atomic mass is 10.00. The average molecular weight is 896 g/mol. The van der Waals surface area contributed by atoms with Crippen molar-refractivity contribution < 1.29 is 0 Å². The molecule has 4 bridgehead atoms. The smallest absolute Gasteiger partial charge is 0.226 e. The maximum absolute atomic E-state index is 5.76. The maximum Gasteiger partial charge on any atom is 0.226 e. The third kappa shape index (κ3) is 5.92. The van der Waals surface area contributed by atoms with Crippen molar-refractivity contribution in [3.8, 4) is 11.4 Å². The Balaban J connectivity index is 1.17. The Labute approximate surface area is 398 Å². The molecule has 0 saturated carbocycles. The van der Waals surface area contributed by atoms with Crippen LogP contribution in [0, 0.1) is 0 Å². The third-order valence-corrected chi connectivity index (χ3v) is 18.7. The predicted octanol–water partition coefficient (Wildman–Crippen LogP) is 12.6. The Morgan fingerprint density at radius 3 is 1.25 bits per heavy atom. The van der Waals surface area contributed by atoms with E-state index in [9.17, 15) is 0 Å². The SMILES string of the molecule is c1ccc(-n2c3cc(-n4c5ccccc5c5ccccc54)ccc3c3cc4cc(c5ccccc5c5nc([Si](c6ccccc6)(c6ccccc6)c6ccccc6)nc(n5)c5ccccc45)c32)cc1. The van der Waals surface area contributed by atoms with Gasteiger partial charge in [0, 0.05) is 49.1 Å². The van der Waals surface area contributed by atoms with Crippen LogP contribution >= 0.6 is 0 Å². The van der Waals surface area contributed by atoms with Gasteiger partial charge in [-0.15, -0.1) is 0 Å². The van der Waals surface area contributed by atoms with E-state index in [2.05, 4.69) is 258 Å². The molecule has 0 unspecified atom stereocenters. The number of fused-ring (bicyclic) bond motifs is 17. The first-order valence-corrected chi connectivity index (χ1v) is 25.5. The monoisotopic (exact) mass is 895 g/mol. The van der Waals surface area contributed by atoms with Crippen LogP contribution in [0.15, 0.2) is 249 Å². The van der Waals surface area contributed by atoms with Crippen LogP contribution in [0.5, 0.6) is 0 Å². The molecule has 6 heteroatoms. The van der Waals surface area contributed by atoms with Gasteiger partial charge < -0.3 is 9.13 Å². The van der Waals surface area contributed by atoms with Gasteiger partial charge in [0.25, 0.3) is 0 Å². The molecule has 0 atom stereocenters. The second-order valence-corrected chi connectivity index (χ2v) is 21.6. The fourth-order valence-corrected chi connectivity index (χ4v) is 15.7. The van der Waals surface area contributed by atoms with Crippen molar-refractivity contribution in [3.63, 3.8) is 0 Å². The Bertz CT molecular complexity index is 4210. The lowest BCUT2D eigenvalue weighted by Gasteiger charge is -2.32. The molecule has 14 aromatic rings. The molecule has 0 spiro atoms. The van der Waals surface area contributed by atoms with Crippen LogP contribution in [0.2, 0.25) is 0 Å². The molecule has 0 aliphatic carbocycles. The van der Waals surface area contributed by atoms with Crippen LogP contribution in [0.1, 0.15) is 0 Å². The molecular formula is C63H41N5Si. The summed E-state index contributed by atoms with van der Waals surface area (Å²) >= 11 is 0. The van der Waals surface area contributed by atoms with Crippen molar-refractivity contribution in [2.75, 3.05) is 0 Å². The highest BCUT2D eigenvalue weighted by Gasteiger charge is 2.45. The zero-order valence-electron chi connectivity index (χ0n) is 37.4. The summed E-state index contributed by atoms with van der Waals surface area (Å²) in [5.74, 6) is 0. The Kier molecular flexibility index (Phi) is 8.84. The molecule has 4 aromatic heterocycles. The second kappa shape index (κ2) is 15.6. The van der Waals surface area contributed by atoms with E-state index in [1.165, 1.54) is 48.1 Å². The van der Waals surface area contributed by atoms with E-state index in [4.69, 9.17) is 15.0 Å². The molecule has 0 aliphatic heterocycles. The Morgan fingerprint density at radius 2 is 0.696 bits per heavy atom. The van der Waals surface area contributed by atoms with Gasteiger partial charge in [-0.25, -0.2) is 15.0 Å². The number of rotatable bonds is 6. The van der Waals surface area contributed by atoms with Crippen LogP contribution < -0.4 is 21.0 Å². The minimum Gasteiger partial charge on any atom is -0.309 e. The molecule has 0 N–H and O–H groups in total. The molecule has 0 amide bonds. The highest BCUT2D eigenvalue weighted by atomic mass is 28.3. The van der Waals surface area contributed by atoms with Crippen LogP contribution in [0.3, 0.4) is 0 Å². The lowest BCUT2D eigenvalue weighted by Crippen LogP contribution is -2.76. The van der Waals surface area contributed by atoms with E-state index in [-0.39, 0.29) is 0 Å². The van der Waals surface area contributed by atoms with Gasteiger partial charge >= 0.3 is 0 Å². The summed E-state index contributed by atoms with van der Waals surface area (Å²) in [6.07, 6.45) is 0. The van der Waals surface area contributed by atoms with E-state index in [1.54, 1.807) is 0 Å². The first-order chi connectivity index (χ1) is 34.2. The summed E-state index contributed by atoms with van der Waals surface area (Å²) in [7, 11) is -3.18. The highest BCUT2D eigenvalue weighted by molar-refractivity contribution is 7.19. The van der Waals surface area contributed by atoms with E-state index in [0.717, 1.165) is 60.2 Å². The number of para-hydroxylation sites is 3. The molecule has 14 rings (SSSR count). The van der Waals surface area contributed by atoms with Gasteiger partial charge in [0.2, 0.25) is 8.07 Å². The molecule has 0 saturated heterocycles. The second-order valence-electron chi connectivity index (χ2n) is 17.9. The lowest BCUT2D eigenvalue weighted by molar-refractivity contribution is 1.16. The first-order valence-electron chi connectivity index (χ1n) is 23.5. The zero-order chi connectivity index (χ0) is 45.5. The zero-order valence-corrected chi connectivity index (χ0v) is 38.4. The summed E-state index contributed by atoms with van der Waals surface area (Å²) in [4.78, 5) is 17.0. The first kappa shape index (κ1) is 39.2. The Hall–Kier alpha value is -8.97. The number of benzene rings is 10. The summed E-state index contributed by atoms with van der Waals surface area (Å²) in [5.41, 5.74) is 8.91. The van der Waals surface area contributed by atoms with Gasteiger partial charge in [0.15, 0.2) is 11.3 Å². The predicted molar refractivity (Wildman–Crippen MR) is 291 cm³/mol. The number of hydrogen-bond acceptors (Lipinski definition) is 3. The molecule has 4 heterocycles. The summed E-state index contributed by atoms with van der Waals surface area (Å²) in [6, 6.07) is 90.1. The van der Waals surface area contributed by atoms with Gasteiger partial charge in [-0.05, 0) is 80.2 Å². The van der Waals surface area contributed by atoms with Crippen LogP contribution in [0.25, 0.3) is 98.6 Å². The fourth-order valence-electron chi connectivity index (χ4n) is 11.3. The molecular weight excluding hydrogens is 855 g/mol. The number of nitrogens with zero attached hydrogens (tertiary/aromatic N) is 5. The van der Waals surface area contributed by atoms with Crippen LogP contribution in [-0.2, 0) is 0 Å². The van der Waals surface area contributed by atoms with E-state index in [1.807, 2.05) is 0 Å². The van der Waals surface area contributed by atoms with Gasteiger partial charge in [0.05, 0.1) is 22.1 Å². The van der Waals surface area contributed by atoms with Gasteiger partial charge in [-0.1, -0.05) is 200 Å². The van der Waals surface area contributed by atoms with E-state index >= 15 is 0 Å². The van der Waals surface area contributed by atoms with Crippen molar-refractivity contribution in [2.24, 2.45) is 0 Å². The molecule has 0 fully saturated rings. The standard InChI is InChI=1S/C63H41N5Si/c1-5-21-43(22-6-1)68-59-41-44(67-57-35-19-17-31-50(57)51-32-18-20-36-58(51)67)37-38-52(59)56-40-42-39-55(60(56)68)49-30-14-16-34-54(49)62-64-61(53-33-15-13-29-48(42)53)65-63(66-62)69(45-23-7-2-8-24-45,46-25-9-3-10-26-46)47-27-11-4-12-28-47/h1-41H. The molecule has 0 aliphatic rings. The average Bonchev–Trinajstić information content (AvgIpc) is 3.94. The Morgan fingerprint density at radius 1 is 0.275 bits per heavy atom. The molecule has 69 heavy (non-hydrogen) atoms. The van der Waals surface area contributed by atoms with Gasteiger partial charge in [0.1, 0.15) is 5.45 Å². The summed E-state index contributed by atoms with van der Waals surface area (Å²) < 4.78 is 4.88. The molecule has 322 valence electrons. The van der Waals surface area contributed by atoms with E-state index < -0.39 is 8.07 Å². The van der Waals surface area contributed by atoms with Crippen LogP contribution in [0.4, 0.5) is 0 Å². The highest BCUT2D eigenvalue weighted by Crippen LogP contribution is 2.41. The largest absolute Gasteiger partial charge is 0.309 e. The summed E-state index contributed by atoms with van der Waals surface area (Å²) in [6.45, 7) is 0. The van der Waals surface area contributed by atoms with Crippen molar-refractivity contribution in [1.82, 2.24) is 24.1 Å². The third-order valence-electron chi connectivity index (χ3n) is 14.2. The van der Waals surface area contributed by atoms with Crippen molar-refractivity contribution in [1.29, 1.82) is 0 Å². The number of hydrogen-bond donors (Lipinski definition) is 0. The minimum absolute atomic E-state index is 0.650. The number of aromatic nitrogens is 5. The van der Waals surface area contributed by atoms with Crippen molar-refractivity contribution in [3.05, 3.63) is 249 Å². The van der Waals surface area contributed by atoms with Crippen molar-refractivity contribution in [2.45, 2.75) is 0 Å². The van der Waals surface area contributed by atoms with Gasteiger partial charge in [-0.3, -0.25) is 0 Å². The molecule has 0 radical (unpaired) electrons.